The highest BCUT2D eigenvalue weighted by atomic mass is 16.6. The highest BCUT2D eigenvalue weighted by Crippen LogP contribution is 2.18. The fraction of sp³-hybridized carbons (Fsp3) is 0.0833. The quantitative estimate of drug-likeness (QED) is 0.757. The normalized spacial score (nSPS) is 10.1. The van der Waals surface area contributed by atoms with Crippen LogP contribution in [-0.4, -0.2) is 9.94 Å². The van der Waals surface area contributed by atoms with Crippen LogP contribution in [0.25, 0.3) is 0 Å². The Morgan fingerprint density at radius 3 is 2.62 bits per heavy atom. The van der Waals surface area contributed by atoms with Gasteiger partial charge in [0.1, 0.15) is 5.75 Å². The van der Waals surface area contributed by atoms with Gasteiger partial charge in [0.2, 0.25) is 5.88 Å². The van der Waals surface area contributed by atoms with Crippen LogP contribution in [0.5, 0.6) is 11.6 Å². The molecule has 0 fully saturated rings. The molecule has 0 saturated heterocycles. The minimum Gasteiger partial charge on any atom is -0.438 e. The number of benzene rings is 1. The minimum absolute atomic E-state index is 0.224. The predicted octanol–water partition coefficient (Wildman–Crippen LogP) is 2.31. The van der Waals surface area contributed by atoms with Crippen molar-refractivity contribution in [1.29, 1.82) is 5.41 Å². The molecular weight excluding hydrogens is 204 g/mol. The monoisotopic (exact) mass is 216 g/mol. The summed E-state index contributed by atoms with van der Waals surface area (Å²) in [5.41, 5.74) is 0.683. The summed E-state index contributed by atoms with van der Waals surface area (Å²) in [4.78, 5) is 0. The summed E-state index contributed by atoms with van der Waals surface area (Å²) in [6.07, 6.45) is 1.45. The van der Waals surface area contributed by atoms with E-state index in [-0.39, 0.29) is 5.88 Å². The molecule has 0 unspecified atom stereocenters. The Hall–Kier alpha value is -2.23. The second-order valence-electron chi connectivity index (χ2n) is 3.47. The molecule has 4 nitrogen and oxygen atoms in total. The lowest BCUT2D eigenvalue weighted by Crippen LogP contribution is -2.10. The molecule has 0 spiro atoms. The zero-order chi connectivity index (χ0) is 11.5. The number of para-hydroxylation sites is 1. The van der Waals surface area contributed by atoms with Gasteiger partial charge in [0.05, 0.1) is 11.6 Å². The SMILES string of the molecule is Cc1cn(O)c(Oc2ccccc2)cc1=N. The van der Waals surface area contributed by atoms with E-state index in [9.17, 15) is 5.21 Å². The van der Waals surface area contributed by atoms with E-state index in [0.29, 0.717) is 16.7 Å². The maximum absolute atomic E-state index is 9.59. The van der Waals surface area contributed by atoms with E-state index in [1.165, 1.54) is 12.3 Å². The lowest BCUT2D eigenvalue weighted by atomic mass is 10.3. The first-order chi connectivity index (χ1) is 7.66. The molecular formula is C12H12N2O2. The molecule has 0 aliphatic rings. The summed E-state index contributed by atoms with van der Waals surface area (Å²) in [7, 11) is 0. The average molecular weight is 216 g/mol. The van der Waals surface area contributed by atoms with E-state index >= 15 is 0 Å². The number of nitrogens with one attached hydrogen (secondary N) is 1. The summed E-state index contributed by atoms with van der Waals surface area (Å²) in [6, 6.07) is 10.6. The first-order valence-electron chi connectivity index (χ1n) is 4.87. The molecule has 2 N–H and O–H groups in total. The number of hydrogen-bond donors (Lipinski definition) is 2. The van der Waals surface area contributed by atoms with Crippen molar-refractivity contribution in [3.8, 4) is 11.6 Å². The van der Waals surface area contributed by atoms with Crippen LogP contribution in [0.4, 0.5) is 0 Å². The minimum atomic E-state index is 0.224. The molecule has 0 bridgehead atoms. The summed E-state index contributed by atoms with van der Waals surface area (Å²) in [6.45, 7) is 1.75. The van der Waals surface area contributed by atoms with Crippen molar-refractivity contribution >= 4 is 0 Å². The van der Waals surface area contributed by atoms with Gasteiger partial charge in [-0.05, 0) is 24.6 Å². The molecule has 0 aliphatic carbocycles. The largest absolute Gasteiger partial charge is 0.438 e. The van der Waals surface area contributed by atoms with Gasteiger partial charge in [0, 0.05) is 6.07 Å². The molecule has 16 heavy (non-hydrogen) atoms. The van der Waals surface area contributed by atoms with Gasteiger partial charge in [-0.25, -0.2) is 0 Å². The average Bonchev–Trinajstić information content (AvgIpc) is 2.27. The zero-order valence-electron chi connectivity index (χ0n) is 8.84. The molecule has 2 rings (SSSR count). The maximum atomic E-state index is 9.59. The Morgan fingerprint density at radius 1 is 1.25 bits per heavy atom. The number of aromatic nitrogens is 1. The number of pyridine rings is 1. The van der Waals surface area contributed by atoms with Crippen molar-refractivity contribution in [1.82, 2.24) is 4.73 Å². The van der Waals surface area contributed by atoms with Gasteiger partial charge < -0.3 is 15.4 Å². The predicted molar refractivity (Wildman–Crippen MR) is 58.7 cm³/mol. The van der Waals surface area contributed by atoms with Crippen molar-refractivity contribution < 1.29 is 9.94 Å². The number of aryl methyl sites for hydroxylation is 1. The van der Waals surface area contributed by atoms with Crippen LogP contribution in [0.3, 0.4) is 0 Å². The summed E-state index contributed by atoms with van der Waals surface area (Å²) in [5, 5.41) is 17.5. The van der Waals surface area contributed by atoms with Crippen LogP contribution >= 0.6 is 0 Å². The second-order valence-corrected chi connectivity index (χ2v) is 3.47. The van der Waals surface area contributed by atoms with E-state index < -0.39 is 0 Å². The molecule has 0 amide bonds. The van der Waals surface area contributed by atoms with E-state index in [0.717, 1.165) is 4.73 Å². The van der Waals surface area contributed by atoms with Crippen LogP contribution in [0.2, 0.25) is 0 Å². The highest BCUT2D eigenvalue weighted by molar-refractivity contribution is 5.27. The Morgan fingerprint density at radius 2 is 1.94 bits per heavy atom. The Labute approximate surface area is 92.8 Å². The molecule has 82 valence electrons. The van der Waals surface area contributed by atoms with Gasteiger partial charge in [-0.1, -0.05) is 18.2 Å². The van der Waals surface area contributed by atoms with Crippen molar-refractivity contribution in [2.75, 3.05) is 0 Å². The Bertz CT molecular complexity index is 547. The van der Waals surface area contributed by atoms with Crippen LogP contribution in [0, 0.1) is 12.3 Å². The van der Waals surface area contributed by atoms with Crippen LogP contribution in [0.15, 0.2) is 42.6 Å². The fourth-order valence-electron chi connectivity index (χ4n) is 1.31. The summed E-state index contributed by atoms with van der Waals surface area (Å²) < 4.78 is 6.31. The molecule has 0 atom stereocenters. The Balaban J connectivity index is 2.36. The summed E-state index contributed by atoms with van der Waals surface area (Å²) >= 11 is 0. The number of nitrogens with zero attached hydrogens (tertiary/aromatic N) is 1. The van der Waals surface area contributed by atoms with Crippen LogP contribution in [0.1, 0.15) is 5.56 Å². The molecule has 0 saturated carbocycles. The van der Waals surface area contributed by atoms with E-state index in [4.69, 9.17) is 10.1 Å². The standard InChI is InChI=1S/C12H12N2O2/c1-9-8-14(15)12(7-11(9)13)16-10-5-3-2-4-6-10/h2-8,13,15H,1H3. The number of ether oxygens (including phenoxy) is 1. The highest BCUT2D eigenvalue weighted by Gasteiger charge is 2.03. The molecule has 4 heteroatoms. The smallest absolute Gasteiger partial charge is 0.234 e. The molecule has 2 aromatic rings. The molecule has 1 heterocycles. The van der Waals surface area contributed by atoms with Gasteiger partial charge >= 0.3 is 0 Å². The lowest BCUT2D eigenvalue weighted by Gasteiger charge is -2.09. The van der Waals surface area contributed by atoms with Crippen LogP contribution in [-0.2, 0) is 0 Å². The molecule has 0 radical (unpaired) electrons. The van der Waals surface area contributed by atoms with Crippen molar-refractivity contribution in [3.63, 3.8) is 0 Å². The van der Waals surface area contributed by atoms with Gasteiger partial charge in [-0.2, -0.15) is 4.73 Å². The molecule has 1 aromatic heterocycles. The van der Waals surface area contributed by atoms with E-state index in [1.54, 1.807) is 19.1 Å². The maximum Gasteiger partial charge on any atom is 0.234 e. The molecule has 0 aliphatic heterocycles. The van der Waals surface area contributed by atoms with E-state index in [2.05, 4.69) is 0 Å². The van der Waals surface area contributed by atoms with Gasteiger partial charge in [-0.3, -0.25) is 0 Å². The van der Waals surface area contributed by atoms with Crippen molar-refractivity contribution in [3.05, 3.63) is 53.5 Å². The second kappa shape index (κ2) is 4.10. The third-order valence-electron chi connectivity index (χ3n) is 2.20. The molecule has 1 aromatic carbocycles. The van der Waals surface area contributed by atoms with Gasteiger partial charge in [0.15, 0.2) is 0 Å². The van der Waals surface area contributed by atoms with Gasteiger partial charge in [-0.15, -0.1) is 0 Å². The van der Waals surface area contributed by atoms with Crippen molar-refractivity contribution in [2.45, 2.75) is 6.92 Å². The first kappa shape index (κ1) is 10.3. The third kappa shape index (κ3) is 2.06. The number of hydrogen-bond acceptors (Lipinski definition) is 3. The Kier molecular flexibility index (Phi) is 2.64. The van der Waals surface area contributed by atoms with E-state index in [1.807, 2.05) is 18.2 Å². The van der Waals surface area contributed by atoms with Crippen molar-refractivity contribution in [2.24, 2.45) is 0 Å². The van der Waals surface area contributed by atoms with Crippen LogP contribution < -0.4 is 10.1 Å². The number of rotatable bonds is 2. The van der Waals surface area contributed by atoms with Gasteiger partial charge in [0.25, 0.3) is 0 Å². The first-order valence-corrected chi connectivity index (χ1v) is 4.87. The topological polar surface area (TPSA) is 58.2 Å². The fourth-order valence-corrected chi connectivity index (χ4v) is 1.31. The third-order valence-corrected chi connectivity index (χ3v) is 2.20. The lowest BCUT2D eigenvalue weighted by molar-refractivity contribution is 0.155. The zero-order valence-corrected chi connectivity index (χ0v) is 8.84. The summed E-state index contributed by atoms with van der Waals surface area (Å²) in [5.74, 6) is 0.843.